The van der Waals surface area contributed by atoms with Gasteiger partial charge in [-0.1, -0.05) is 41.6 Å². The van der Waals surface area contributed by atoms with Gasteiger partial charge in [0.05, 0.1) is 23.3 Å². The Labute approximate surface area is 171 Å². The van der Waals surface area contributed by atoms with Crippen LogP contribution >= 0.6 is 23.4 Å². The summed E-state index contributed by atoms with van der Waals surface area (Å²) in [5, 5.41) is 11.0. The van der Waals surface area contributed by atoms with Crippen molar-refractivity contribution in [2.75, 3.05) is 0 Å². The molecule has 0 aliphatic carbocycles. The normalized spacial score (nSPS) is 11.1. The second-order valence-corrected chi connectivity index (χ2v) is 7.94. The van der Waals surface area contributed by atoms with Crippen LogP contribution in [0.4, 0.5) is 0 Å². The lowest BCUT2D eigenvalue weighted by Crippen LogP contribution is -2.03. The maximum absolute atomic E-state index is 11.3. The maximum Gasteiger partial charge on any atom is 0.335 e. The van der Waals surface area contributed by atoms with Gasteiger partial charge in [-0.05, 0) is 49.4 Å². The molecule has 2 aromatic heterocycles. The molecule has 0 spiro atoms. The number of aromatic carboxylic acids is 1. The summed E-state index contributed by atoms with van der Waals surface area (Å²) in [6.07, 6.45) is 1.79. The number of carboxylic acids is 1. The summed E-state index contributed by atoms with van der Waals surface area (Å²) in [5.74, 6) is -0.927. The van der Waals surface area contributed by atoms with Crippen LogP contribution in [0, 0.1) is 6.92 Å². The second kappa shape index (κ2) is 7.70. The Hall–Kier alpha value is -2.76. The highest BCUT2D eigenvalue weighted by Gasteiger charge is 2.17. The topological polar surface area (TPSA) is 55.1 Å². The molecule has 6 heteroatoms. The van der Waals surface area contributed by atoms with E-state index >= 15 is 0 Å². The largest absolute Gasteiger partial charge is 0.478 e. The SMILES string of the molecule is Cc1c(Sc2cccc(C(=O)O)c2)c2ccc(Cl)cc2n1Cc1ccccn1. The van der Waals surface area contributed by atoms with Crippen LogP contribution in [0.2, 0.25) is 5.02 Å². The number of rotatable bonds is 5. The Bertz CT molecular complexity index is 1170. The fourth-order valence-electron chi connectivity index (χ4n) is 3.21. The highest BCUT2D eigenvalue weighted by Crippen LogP contribution is 2.39. The monoisotopic (exact) mass is 408 g/mol. The molecule has 0 fully saturated rings. The first-order chi connectivity index (χ1) is 13.5. The van der Waals surface area contributed by atoms with E-state index < -0.39 is 5.97 Å². The van der Waals surface area contributed by atoms with E-state index in [4.69, 9.17) is 11.6 Å². The first-order valence-electron chi connectivity index (χ1n) is 8.72. The number of fused-ring (bicyclic) bond motifs is 1. The summed E-state index contributed by atoms with van der Waals surface area (Å²) in [4.78, 5) is 17.7. The number of nitrogens with zero attached hydrogens (tertiary/aromatic N) is 2. The summed E-state index contributed by atoms with van der Waals surface area (Å²) >= 11 is 7.83. The molecule has 0 atom stereocenters. The van der Waals surface area contributed by atoms with Crippen LogP contribution in [-0.2, 0) is 6.54 Å². The van der Waals surface area contributed by atoms with Crippen molar-refractivity contribution in [3.63, 3.8) is 0 Å². The van der Waals surface area contributed by atoms with Gasteiger partial charge in [0.25, 0.3) is 0 Å². The molecule has 0 unspecified atom stereocenters. The fourth-order valence-corrected chi connectivity index (χ4v) is 4.49. The number of benzene rings is 2. The standard InChI is InChI=1S/C22H17ClN2O2S/c1-14-21(28-18-7-4-5-15(11-18)22(26)27)19-9-8-16(23)12-20(19)25(14)13-17-6-2-3-10-24-17/h2-12H,13H2,1H3,(H,26,27). The zero-order chi connectivity index (χ0) is 19.7. The summed E-state index contributed by atoms with van der Waals surface area (Å²) in [5.41, 5.74) is 3.37. The molecular weight excluding hydrogens is 392 g/mol. The molecule has 1 N–H and O–H groups in total. The second-order valence-electron chi connectivity index (χ2n) is 6.42. The Kier molecular flexibility index (Phi) is 5.11. The minimum absolute atomic E-state index is 0.280. The van der Waals surface area contributed by atoms with Gasteiger partial charge in [0.2, 0.25) is 0 Å². The molecule has 0 aliphatic heterocycles. The predicted octanol–water partition coefficient (Wildman–Crippen LogP) is 5.90. The van der Waals surface area contributed by atoms with Gasteiger partial charge < -0.3 is 9.67 Å². The average Bonchev–Trinajstić information content (AvgIpc) is 2.94. The molecule has 0 radical (unpaired) electrons. The number of halogens is 1. The molecule has 4 rings (SSSR count). The third-order valence-corrected chi connectivity index (χ3v) is 6.02. The molecule has 0 bridgehead atoms. The predicted molar refractivity (Wildman–Crippen MR) is 113 cm³/mol. The zero-order valence-electron chi connectivity index (χ0n) is 15.1. The Morgan fingerprint density at radius 2 is 2.00 bits per heavy atom. The van der Waals surface area contributed by atoms with Crippen molar-refractivity contribution in [2.24, 2.45) is 0 Å². The van der Waals surface area contributed by atoms with Crippen LogP contribution in [0.25, 0.3) is 10.9 Å². The highest BCUT2D eigenvalue weighted by molar-refractivity contribution is 7.99. The van der Waals surface area contributed by atoms with Crippen molar-refractivity contribution in [3.05, 3.63) is 88.8 Å². The first-order valence-corrected chi connectivity index (χ1v) is 9.92. The van der Waals surface area contributed by atoms with Crippen LogP contribution < -0.4 is 0 Å². The minimum Gasteiger partial charge on any atom is -0.478 e. The van der Waals surface area contributed by atoms with Gasteiger partial charge >= 0.3 is 5.97 Å². The fraction of sp³-hybridized carbons (Fsp3) is 0.0909. The van der Waals surface area contributed by atoms with E-state index in [1.54, 1.807) is 36.2 Å². The Morgan fingerprint density at radius 3 is 2.75 bits per heavy atom. The summed E-state index contributed by atoms with van der Waals surface area (Å²) < 4.78 is 2.20. The zero-order valence-corrected chi connectivity index (χ0v) is 16.7. The molecule has 28 heavy (non-hydrogen) atoms. The van der Waals surface area contributed by atoms with Crippen molar-refractivity contribution in [3.8, 4) is 0 Å². The van der Waals surface area contributed by atoms with E-state index in [-0.39, 0.29) is 5.56 Å². The van der Waals surface area contributed by atoms with Crippen molar-refractivity contribution in [1.29, 1.82) is 0 Å². The van der Waals surface area contributed by atoms with Gasteiger partial charge in [-0.25, -0.2) is 4.79 Å². The number of carbonyl (C=O) groups is 1. The van der Waals surface area contributed by atoms with Crippen molar-refractivity contribution in [1.82, 2.24) is 9.55 Å². The van der Waals surface area contributed by atoms with E-state index in [0.717, 1.165) is 32.1 Å². The molecule has 0 aliphatic rings. The molecule has 2 aromatic carbocycles. The van der Waals surface area contributed by atoms with Gasteiger partial charge in [0.1, 0.15) is 0 Å². The lowest BCUT2D eigenvalue weighted by Gasteiger charge is -2.08. The number of hydrogen-bond acceptors (Lipinski definition) is 3. The van der Waals surface area contributed by atoms with Crippen LogP contribution in [-0.4, -0.2) is 20.6 Å². The number of hydrogen-bond donors (Lipinski definition) is 1. The van der Waals surface area contributed by atoms with Gasteiger partial charge in [0, 0.05) is 32.1 Å². The van der Waals surface area contributed by atoms with E-state index in [1.807, 2.05) is 42.5 Å². The van der Waals surface area contributed by atoms with Crippen molar-refractivity contribution < 1.29 is 9.90 Å². The lowest BCUT2D eigenvalue weighted by molar-refractivity contribution is 0.0696. The summed E-state index contributed by atoms with van der Waals surface area (Å²) in [6, 6.07) is 18.7. The van der Waals surface area contributed by atoms with Gasteiger partial charge in [-0.2, -0.15) is 0 Å². The molecule has 2 heterocycles. The number of carboxylic acid groups (broad SMARTS) is 1. The molecule has 4 aromatic rings. The number of pyridine rings is 1. The molecular formula is C22H17ClN2O2S. The molecule has 0 amide bonds. The van der Waals surface area contributed by atoms with E-state index in [9.17, 15) is 9.90 Å². The maximum atomic E-state index is 11.3. The average molecular weight is 409 g/mol. The van der Waals surface area contributed by atoms with Gasteiger partial charge in [-0.3, -0.25) is 4.98 Å². The highest BCUT2D eigenvalue weighted by atomic mass is 35.5. The Balaban J connectivity index is 1.81. The van der Waals surface area contributed by atoms with Crippen LogP contribution in [0.3, 0.4) is 0 Å². The minimum atomic E-state index is -0.927. The van der Waals surface area contributed by atoms with Crippen LogP contribution in [0.15, 0.2) is 76.7 Å². The van der Waals surface area contributed by atoms with Crippen molar-refractivity contribution in [2.45, 2.75) is 23.3 Å². The van der Waals surface area contributed by atoms with E-state index in [1.165, 1.54) is 0 Å². The molecule has 0 saturated carbocycles. The summed E-state index contributed by atoms with van der Waals surface area (Å²) in [7, 11) is 0. The van der Waals surface area contributed by atoms with Crippen LogP contribution in [0.1, 0.15) is 21.7 Å². The smallest absolute Gasteiger partial charge is 0.335 e. The molecule has 4 nitrogen and oxygen atoms in total. The van der Waals surface area contributed by atoms with E-state index in [0.29, 0.717) is 11.6 Å². The lowest BCUT2D eigenvalue weighted by atomic mass is 10.2. The number of aromatic nitrogens is 2. The van der Waals surface area contributed by atoms with Gasteiger partial charge in [0.15, 0.2) is 0 Å². The van der Waals surface area contributed by atoms with Crippen LogP contribution in [0.5, 0.6) is 0 Å². The summed E-state index contributed by atoms with van der Waals surface area (Å²) in [6.45, 7) is 2.71. The first kappa shape index (κ1) is 18.6. The van der Waals surface area contributed by atoms with Gasteiger partial charge in [-0.15, -0.1) is 0 Å². The third kappa shape index (κ3) is 3.63. The van der Waals surface area contributed by atoms with Crippen molar-refractivity contribution >= 4 is 40.2 Å². The third-order valence-electron chi connectivity index (χ3n) is 4.58. The molecule has 140 valence electrons. The van der Waals surface area contributed by atoms with E-state index in [2.05, 4.69) is 16.5 Å². The Morgan fingerprint density at radius 1 is 1.14 bits per heavy atom. The quantitative estimate of drug-likeness (QED) is 0.447. The molecule has 0 saturated heterocycles.